The van der Waals surface area contributed by atoms with Gasteiger partial charge in [-0.1, -0.05) is 38.5 Å². The molecular weight excluding hydrogens is 148 g/mol. The predicted molar refractivity (Wildman–Crippen MR) is 53.0 cm³/mol. The molecule has 0 N–H and O–H groups in total. The van der Waals surface area contributed by atoms with Crippen LogP contribution in [-0.4, -0.2) is 13.2 Å². The van der Waals surface area contributed by atoms with E-state index < -0.39 is 0 Å². The van der Waals surface area contributed by atoms with Gasteiger partial charge in [-0.05, 0) is 13.3 Å². The SMILES string of the molecule is CC#CCOCCCCCCC. The highest BCUT2D eigenvalue weighted by molar-refractivity contribution is 4.94. The molecule has 0 aromatic carbocycles. The Morgan fingerprint density at radius 3 is 2.50 bits per heavy atom. The molecule has 0 unspecified atom stereocenters. The van der Waals surface area contributed by atoms with Gasteiger partial charge in [-0.2, -0.15) is 0 Å². The van der Waals surface area contributed by atoms with Crippen molar-refractivity contribution in [1.29, 1.82) is 0 Å². The van der Waals surface area contributed by atoms with Crippen LogP contribution in [0.2, 0.25) is 0 Å². The summed E-state index contributed by atoms with van der Waals surface area (Å²) >= 11 is 0. The fourth-order valence-electron chi connectivity index (χ4n) is 1.00. The van der Waals surface area contributed by atoms with E-state index in [0.29, 0.717) is 6.61 Å². The number of ether oxygens (including phenoxy) is 1. The Morgan fingerprint density at radius 2 is 1.83 bits per heavy atom. The van der Waals surface area contributed by atoms with Gasteiger partial charge in [0, 0.05) is 6.61 Å². The largest absolute Gasteiger partial charge is 0.369 e. The maximum absolute atomic E-state index is 5.28. The lowest BCUT2D eigenvalue weighted by Gasteiger charge is -1.99. The first kappa shape index (κ1) is 11.5. The summed E-state index contributed by atoms with van der Waals surface area (Å²) in [5.74, 6) is 5.68. The van der Waals surface area contributed by atoms with E-state index in [-0.39, 0.29) is 0 Å². The second-order valence-corrected chi connectivity index (χ2v) is 2.89. The quantitative estimate of drug-likeness (QED) is 0.419. The van der Waals surface area contributed by atoms with Crippen molar-refractivity contribution < 1.29 is 4.74 Å². The molecule has 0 aliphatic rings. The van der Waals surface area contributed by atoms with Crippen LogP contribution in [0.1, 0.15) is 46.0 Å². The van der Waals surface area contributed by atoms with Gasteiger partial charge in [-0.15, -0.1) is 5.92 Å². The van der Waals surface area contributed by atoms with Crippen LogP contribution in [0.5, 0.6) is 0 Å². The minimum atomic E-state index is 0.601. The Kier molecular flexibility index (Phi) is 10.1. The third kappa shape index (κ3) is 9.52. The second-order valence-electron chi connectivity index (χ2n) is 2.89. The third-order valence-corrected chi connectivity index (χ3v) is 1.74. The Balaban J connectivity index is 2.84. The van der Waals surface area contributed by atoms with Crippen LogP contribution in [0.4, 0.5) is 0 Å². The molecule has 0 atom stereocenters. The van der Waals surface area contributed by atoms with Crippen LogP contribution in [-0.2, 0) is 4.74 Å². The number of hydrogen-bond donors (Lipinski definition) is 0. The van der Waals surface area contributed by atoms with E-state index in [4.69, 9.17) is 4.74 Å². The van der Waals surface area contributed by atoms with E-state index in [1.807, 2.05) is 6.92 Å². The van der Waals surface area contributed by atoms with E-state index >= 15 is 0 Å². The predicted octanol–water partition coefficient (Wildman–Crippen LogP) is 3.00. The summed E-state index contributed by atoms with van der Waals surface area (Å²) in [5.41, 5.74) is 0. The maximum Gasteiger partial charge on any atom is 0.107 e. The van der Waals surface area contributed by atoms with Gasteiger partial charge in [-0.25, -0.2) is 0 Å². The highest BCUT2D eigenvalue weighted by atomic mass is 16.5. The normalized spacial score (nSPS) is 9.17. The van der Waals surface area contributed by atoms with Crippen LogP contribution < -0.4 is 0 Å². The number of hydrogen-bond acceptors (Lipinski definition) is 1. The van der Waals surface area contributed by atoms with Crippen LogP contribution >= 0.6 is 0 Å². The van der Waals surface area contributed by atoms with E-state index in [0.717, 1.165) is 6.61 Å². The van der Waals surface area contributed by atoms with Crippen molar-refractivity contribution >= 4 is 0 Å². The first-order valence-electron chi connectivity index (χ1n) is 4.89. The molecule has 0 radical (unpaired) electrons. The van der Waals surface area contributed by atoms with E-state index in [9.17, 15) is 0 Å². The lowest BCUT2D eigenvalue weighted by Crippen LogP contribution is -1.94. The van der Waals surface area contributed by atoms with Gasteiger partial charge in [0.05, 0.1) is 0 Å². The smallest absolute Gasteiger partial charge is 0.107 e. The van der Waals surface area contributed by atoms with Crippen LogP contribution in [0.25, 0.3) is 0 Å². The average molecular weight is 168 g/mol. The fourth-order valence-corrected chi connectivity index (χ4v) is 1.00. The van der Waals surface area contributed by atoms with Gasteiger partial charge >= 0.3 is 0 Å². The Morgan fingerprint density at radius 1 is 1.08 bits per heavy atom. The summed E-state index contributed by atoms with van der Waals surface area (Å²) in [4.78, 5) is 0. The summed E-state index contributed by atoms with van der Waals surface area (Å²) in [6.45, 7) is 5.54. The summed E-state index contributed by atoms with van der Waals surface area (Å²) < 4.78 is 5.28. The van der Waals surface area contributed by atoms with E-state index in [2.05, 4.69) is 18.8 Å². The standard InChI is InChI=1S/C11H20O/c1-3-5-7-8-9-11-12-10-6-4-2/h3,5,7-11H2,1-2H3. The molecule has 0 spiro atoms. The van der Waals surface area contributed by atoms with Gasteiger partial charge in [0.15, 0.2) is 0 Å². The van der Waals surface area contributed by atoms with Crippen LogP contribution in [0, 0.1) is 11.8 Å². The fraction of sp³-hybridized carbons (Fsp3) is 0.818. The minimum absolute atomic E-state index is 0.601. The Labute approximate surface area is 76.5 Å². The molecule has 0 saturated heterocycles. The molecule has 0 saturated carbocycles. The van der Waals surface area contributed by atoms with E-state index in [1.165, 1.54) is 32.1 Å². The molecule has 0 rings (SSSR count). The molecule has 0 heterocycles. The van der Waals surface area contributed by atoms with Crippen molar-refractivity contribution in [2.24, 2.45) is 0 Å². The average Bonchev–Trinajstić information content (AvgIpc) is 2.10. The molecule has 0 fully saturated rings. The zero-order chi connectivity index (χ0) is 9.07. The molecule has 70 valence electrons. The molecule has 0 bridgehead atoms. The zero-order valence-corrected chi connectivity index (χ0v) is 8.36. The lowest BCUT2D eigenvalue weighted by atomic mass is 10.2. The summed E-state index contributed by atoms with van der Waals surface area (Å²) in [7, 11) is 0. The lowest BCUT2D eigenvalue weighted by molar-refractivity contribution is 0.161. The molecule has 1 nitrogen and oxygen atoms in total. The highest BCUT2D eigenvalue weighted by Crippen LogP contribution is 2.01. The Bertz CT molecular complexity index is 130. The van der Waals surface area contributed by atoms with Crippen LogP contribution in [0.15, 0.2) is 0 Å². The molecule has 12 heavy (non-hydrogen) atoms. The number of unbranched alkanes of at least 4 members (excludes halogenated alkanes) is 4. The molecule has 0 aliphatic carbocycles. The van der Waals surface area contributed by atoms with Crippen molar-refractivity contribution in [2.45, 2.75) is 46.0 Å². The molecule has 1 heteroatoms. The van der Waals surface area contributed by atoms with Crippen molar-refractivity contribution in [2.75, 3.05) is 13.2 Å². The minimum Gasteiger partial charge on any atom is -0.369 e. The van der Waals surface area contributed by atoms with Crippen LogP contribution in [0.3, 0.4) is 0 Å². The van der Waals surface area contributed by atoms with Crippen molar-refractivity contribution in [3.8, 4) is 11.8 Å². The second kappa shape index (κ2) is 10.5. The summed E-state index contributed by atoms with van der Waals surface area (Å²) in [5, 5.41) is 0. The van der Waals surface area contributed by atoms with Gasteiger partial charge < -0.3 is 4.74 Å². The van der Waals surface area contributed by atoms with Gasteiger partial charge in [0.2, 0.25) is 0 Å². The van der Waals surface area contributed by atoms with Gasteiger partial charge in [-0.3, -0.25) is 0 Å². The molecule has 0 amide bonds. The summed E-state index contributed by atoms with van der Waals surface area (Å²) in [6.07, 6.45) is 6.50. The summed E-state index contributed by atoms with van der Waals surface area (Å²) in [6, 6.07) is 0. The van der Waals surface area contributed by atoms with Crippen molar-refractivity contribution in [1.82, 2.24) is 0 Å². The Hall–Kier alpha value is -0.480. The molecule has 0 aromatic rings. The molecule has 0 aliphatic heterocycles. The van der Waals surface area contributed by atoms with Gasteiger partial charge in [0.1, 0.15) is 6.61 Å². The molecule has 0 aromatic heterocycles. The number of rotatable bonds is 7. The molecular formula is C11H20O. The van der Waals surface area contributed by atoms with E-state index in [1.54, 1.807) is 0 Å². The highest BCUT2D eigenvalue weighted by Gasteiger charge is 1.88. The first-order valence-corrected chi connectivity index (χ1v) is 4.89. The van der Waals surface area contributed by atoms with Crippen molar-refractivity contribution in [3.05, 3.63) is 0 Å². The zero-order valence-electron chi connectivity index (χ0n) is 8.36. The first-order chi connectivity index (χ1) is 5.91. The monoisotopic (exact) mass is 168 g/mol. The maximum atomic E-state index is 5.28. The van der Waals surface area contributed by atoms with Gasteiger partial charge in [0.25, 0.3) is 0 Å². The topological polar surface area (TPSA) is 9.23 Å². The third-order valence-electron chi connectivity index (χ3n) is 1.74. The van der Waals surface area contributed by atoms with Crippen molar-refractivity contribution in [3.63, 3.8) is 0 Å².